The van der Waals surface area contributed by atoms with Crippen LogP contribution in [0.3, 0.4) is 0 Å². The number of nitrogens with zero attached hydrogens (tertiary/aromatic N) is 2. The van der Waals surface area contributed by atoms with Gasteiger partial charge in [-0.25, -0.2) is 4.79 Å². The van der Waals surface area contributed by atoms with Gasteiger partial charge in [0.05, 0.1) is 12.0 Å². The quantitative estimate of drug-likeness (QED) is 0.473. The van der Waals surface area contributed by atoms with Gasteiger partial charge in [-0.2, -0.15) is 10.4 Å². The van der Waals surface area contributed by atoms with Crippen LogP contribution in [-0.4, -0.2) is 16.8 Å². The largest absolute Gasteiger partial charge is 0.476 e. The summed E-state index contributed by atoms with van der Waals surface area (Å²) < 4.78 is 0. The number of rotatable bonds is 4. The molecule has 3 N–H and O–H groups in total. The maximum Gasteiger partial charge on any atom is 0.356 e. The Bertz CT molecular complexity index is 835. The Morgan fingerprint density at radius 2 is 1.71 bits per heavy atom. The maximum atomic E-state index is 11.1. The first-order valence-corrected chi connectivity index (χ1v) is 7.68. The summed E-state index contributed by atoms with van der Waals surface area (Å²) in [6.07, 6.45) is 0. The van der Waals surface area contributed by atoms with Crippen LogP contribution in [0.4, 0.5) is 0 Å². The number of hydrogen-bond acceptors (Lipinski definition) is 4. The van der Waals surface area contributed by atoms with E-state index in [0.29, 0.717) is 16.1 Å². The van der Waals surface area contributed by atoms with Crippen molar-refractivity contribution in [3.63, 3.8) is 0 Å². The minimum Gasteiger partial charge on any atom is -0.476 e. The van der Waals surface area contributed by atoms with Gasteiger partial charge in [0.15, 0.2) is 5.71 Å². The third-order valence-corrected chi connectivity index (χ3v) is 4.18. The summed E-state index contributed by atoms with van der Waals surface area (Å²) in [6, 6.07) is 11.6. The van der Waals surface area contributed by atoms with Crippen LogP contribution >= 0.6 is 34.8 Å². The van der Waals surface area contributed by atoms with E-state index in [9.17, 15) is 10.1 Å². The minimum atomic E-state index is -1.31. The van der Waals surface area contributed by atoms with E-state index in [1.54, 1.807) is 24.3 Å². The minimum absolute atomic E-state index is 0.140. The fourth-order valence-corrected chi connectivity index (χ4v) is 3.04. The van der Waals surface area contributed by atoms with Crippen LogP contribution in [0.5, 0.6) is 0 Å². The van der Waals surface area contributed by atoms with Gasteiger partial charge < -0.3 is 10.9 Å². The highest BCUT2D eigenvalue weighted by Gasteiger charge is 2.23. The van der Waals surface area contributed by atoms with Crippen molar-refractivity contribution in [1.29, 1.82) is 5.26 Å². The fourth-order valence-electron chi connectivity index (χ4n) is 2.21. The molecule has 2 aromatic rings. The van der Waals surface area contributed by atoms with Gasteiger partial charge in [-0.3, -0.25) is 0 Å². The zero-order valence-electron chi connectivity index (χ0n) is 12.0. The number of benzene rings is 2. The summed E-state index contributed by atoms with van der Waals surface area (Å²) in [6.45, 7) is 0. The fraction of sp³-hybridized carbons (Fsp3) is 0.0625. The van der Waals surface area contributed by atoms with Gasteiger partial charge in [0, 0.05) is 26.2 Å². The van der Waals surface area contributed by atoms with Gasteiger partial charge in [0.1, 0.15) is 0 Å². The number of carboxylic acid groups (broad SMARTS) is 1. The number of aliphatic carboxylic acids is 1. The highest BCUT2D eigenvalue weighted by atomic mass is 35.5. The molecule has 24 heavy (non-hydrogen) atoms. The highest BCUT2D eigenvalue weighted by Crippen LogP contribution is 2.37. The van der Waals surface area contributed by atoms with Crippen molar-refractivity contribution in [1.82, 2.24) is 0 Å². The van der Waals surface area contributed by atoms with Crippen LogP contribution in [0.15, 0.2) is 41.5 Å². The smallest absolute Gasteiger partial charge is 0.356 e. The molecule has 0 heterocycles. The molecule has 0 bridgehead atoms. The average molecular weight is 383 g/mol. The zero-order chi connectivity index (χ0) is 17.9. The van der Waals surface area contributed by atoms with Gasteiger partial charge >= 0.3 is 5.97 Å². The molecule has 0 saturated heterocycles. The highest BCUT2D eigenvalue weighted by molar-refractivity contribution is 6.44. The van der Waals surface area contributed by atoms with Crippen LogP contribution in [0.25, 0.3) is 0 Å². The molecule has 0 fully saturated rings. The number of nitrogens with two attached hydrogens (primary N) is 1. The van der Waals surface area contributed by atoms with Gasteiger partial charge in [-0.05, 0) is 29.8 Å². The van der Waals surface area contributed by atoms with Gasteiger partial charge in [0.2, 0.25) is 0 Å². The normalized spacial score (nSPS) is 12.5. The Hall–Kier alpha value is -2.26. The number of nitriles is 1. The molecule has 5 nitrogen and oxygen atoms in total. The van der Waals surface area contributed by atoms with E-state index in [4.69, 9.17) is 45.8 Å². The summed E-state index contributed by atoms with van der Waals surface area (Å²) >= 11 is 18.3. The van der Waals surface area contributed by atoms with Crippen molar-refractivity contribution in [3.05, 3.63) is 68.2 Å². The molecule has 2 aromatic carbocycles. The summed E-state index contributed by atoms with van der Waals surface area (Å²) in [4.78, 5) is 11.1. The first-order chi connectivity index (χ1) is 11.4. The summed E-state index contributed by atoms with van der Waals surface area (Å²) in [5.74, 6) is 3.04. The van der Waals surface area contributed by atoms with Crippen LogP contribution in [0.1, 0.15) is 22.6 Å². The molecule has 1 atom stereocenters. The standard InChI is InChI=1S/C16H10Cl3N3O2/c17-10-3-1-8(2-4-10)11(7-20)14-12(18)5-9(6-13(14)19)15(22-21)16(23)24/h1-6,11H,21H2,(H,23,24). The molecule has 0 radical (unpaired) electrons. The SMILES string of the molecule is N#CC(c1ccc(Cl)cc1)c1c(Cl)cc(C(=NN)C(=O)O)cc1Cl. The Morgan fingerprint density at radius 1 is 1.17 bits per heavy atom. The van der Waals surface area contributed by atoms with Crippen LogP contribution in [0.2, 0.25) is 15.1 Å². The van der Waals surface area contributed by atoms with E-state index < -0.39 is 11.9 Å². The van der Waals surface area contributed by atoms with E-state index in [2.05, 4.69) is 11.2 Å². The number of hydrogen-bond donors (Lipinski definition) is 2. The van der Waals surface area contributed by atoms with Gasteiger partial charge in [-0.15, -0.1) is 0 Å². The molecule has 0 aromatic heterocycles. The van der Waals surface area contributed by atoms with E-state index in [1.807, 2.05) is 0 Å². The molecule has 2 rings (SSSR count). The van der Waals surface area contributed by atoms with Crippen LogP contribution < -0.4 is 5.84 Å². The number of halogens is 3. The predicted molar refractivity (Wildman–Crippen MR) is 93.7 cm³/mol. The van der Waals surface area contributed by atoms with E-state index in [-0.39, 0.29) is 21.3 Å². The van der Waals surface area contributed by atoms with Crippen molar-refractivity contribution in [3.8, 4) is 6.07 Å². The first kappa shape index (κ1) is 18.1. The summed E-state index contributed by atoms with van der Waals surface area (Å²) in [7, 11) is 0. The van der Waals surface area contributed by atoms with Gasteiger partial charge in [0.25, 0.3) is 0 Å². The molecule has 0 saturated carbocycles. The topological polar surface area (TPSA) is 99.5 Å². The maximum absolute atomic E-state index is 11.1. The van der Waals surface area contributed by atoms with E-state index >= 15 is 0 Å². The lowest BCUT2D eigenvalue weighted by Crippen LogP contribution is -2.17. The second-order valence-electron chi connectivity index (χ2n) is 4.75. The van der Waals surface area contributed by atoms with Gasteiger partial charge in [-0.1, -0.05) is 46.9 Å². The van der Waals surface area contributed by atoms with Crippen LogP contribution in [0, 0.1) is 11.3 Å². The van der Waals surface area contributed by atoms with Crippen molar-refractivity contribution in [2.75, 3.05) is 0 Å². The predicted octanol–water partition coefficient (Wildman–Crippen LogP) is 4.05. The van der Waals surface area contributed by atoms with Crippen molar-refractivity contribution in [2.45, 2.75) is 5.92 Å². The zero-order valence-corrected chi connectivity index (χ0v) is 14.3. The third kappa shape index (κ3) is 3.62. The summed E-state index contributed by atoms with van der Waals surface area (Å²) in [5, 5.41) is 22.6. The lowest BCUT2D eigenvalue weighted by atomic mass is 9.91. The third-order valence-electron chi connectivity index (χ3n) is 3.31. The molecule has 1 unspecified atom stereocenters. The summed E-state index contributed by atoms with van der Waals surface area (Å²) in [5.41, 5.74) is 0.792. The van der Waals surface area contributed by atoms with Crippen molar-refractivity contribution in [2.24, 2.45) is 10.9 Å². The monoisotopic (exact) mass is 381 g/mol. The molecule has 122 valence electrons. The van der Waals surface area contributed by atoms with E-state index in [0.717, 1.165) is 0 Å². The molecular weight excluding hydrogens is 373 g/mol. The molecular formula is C16H10Cl3N3O2. The first-order valence-electron chi connectivity index (χ1n) is 6.54. The molecule has 0 aliphatic heterocycles. The molecule has 0 aliphatic rings. The lowest BCUT2D eigenvalue weighted by Gasteiger charge is -2.15. The Labute approximate surface area is 152 Å². The number of hydrazone groups is 1. The second kappa shape index (κ2) is 7.54. The Morgan fingerprint density at radius 3 is 2.12 bits per heavy atom. The molecule has 0 spiro atoms. The molecule has 0 aliphatic carbocycles. The lowest BCUT2D eigenvalue weighted by molar-refractivity contribution is -0.129. The number of carboxylic acids is 1. The number of carbonyl (C=O) groups is 1. The molecule has 0 amide bonds. The Kier molecular flexibility index (Phi) is 5.68. The van der Waals surface area contributed by atoms with E-state index in [1.165, 1.54) is 12.1 Å². The average Bonchev–Trinajstić information content (AvgIpc) is 2.52. The Balaban J connectivity index is 2.57. The van der Waals surface area contributed by atoms with Crippen LogP contribution in [-0.2, 0) is 4.79 Å². The molecule has 8 heteroatoms. The van der Waals surface area contributed by atoms with Crippen molar-refractivity contribution < 1.29 is 9.90 Å². The second-order valence-corrected chi connectivity index (χ2v) is 6.00. The van der Waals surface area contributed by atoms with Crippen molar-refractivity contribution >= 4 is 46.5 Å².